The van der Waals surface area contributed by atoms with E-state index < -0.39 is 0 Å². The highest BCUT2D eigenvalue weighted by Gasteiger charge is 2.21. The second kappa shape index (κ2) is 5.42. The molecule has 1 unspecified atom stereocenters. The van der Waals surface area contributed by atoms with Crippen molar-refractivity contribution in [3.63, 3.8) is 0 Å². The van der Waals surface area contributed by atoms with Crippen molar-refractivity contribution >= 4 is 22.8 Å². The number of benzene rings is 1. The molecule has 1 atom stereocenters. The van der Waals surface area contributed by atoms with Gasteiger partial charge in [-0.25, -0.2) is 0 Å². The molecule has 1 aromatic carbocycles. The molecule has 1 aliphatic rings. The van der Waals surface area contributed by atoms with Crippen molar-refractivity contribution in [3.05, 3.63) is 36.5 Å². The first-order valence-corrected chi connectivity index (χ1v) is 7.91. The van der Waals surface area contributed by atoms with E-state index in [1.165, 1.54) is 0 Å². The average molecular weight is 299 g/mol. The summed E-state index contributed by atoms with van der Waals surface area (Å²) in [6, 6.07) is 5.93. The van der Waals surface area contributed by atoms with Gasteiger partial charge in [0, 0.05) is 36.0 Å². The van der Waals surface area contributed by atoms with E-state index in [1.807, 2.05) is 30.0 Å². The van der Waals surface area contributed by atoms with Gasteiger partial charge in [-0.2, -0.15) is 16.7 Å². The van der Waals surface area contributed by atoms with E-state index in [9.17, 15) is 0 Å². The van der Waals surface area contributed by atoms with E-state index in [4.69, 9.17) is 4.52 Å². The molecule has 0 radical (unpaired) electrons. The minimum absolute atomic E-state index is 0.144. The molecule has 1 fully saturated rings. The average Bonchev–Trinajstić information content (AvgIpc) is 3.05. The third-order valence-corrected chi connectivity index (χ3v) is 4.45. The van der Waals surface area contributed by atoms with E-state index in [1.54, 1.807) is 12.4 Å². The molecule has 0 aliphatic carbocycles. The molecule has 1 N–H and O–H groups in total. The highest BCUT2D eigenvalue weighted by Crippen LogP contribution is 2.24. The van der Waals surface area contributed by atoms with Crippen LogP contribution in [0, 0.1) is 0 Å². The molecule has 3 heterocycles. The van der Waals surface area contributed by atoms with Crippen molar-refractivity contribution in [1.82, 2.24) is 25.4 Å². The molecule has 3 aromatic rings. The predicted octanol–water partition coefficient (Wildman–Crippen LogP) is 2.06. The summed E-state index contributed by atoms with van der Waals surface area (Å²) < 4.78 is 5.40. The summed E-state index contributed by atoms with van der Waals surface area (Å²) >= 11 is 1.90. The summed E-state index contributed by atoms with van der Waals surface area (Å²) in [6.07, 6.45) is 3.36. The van der Waals surface area contributed by atoms with Crippen LogP contribution in [0.2, 0.25) is 0 Å². The Bertz CT molecular complexity index is 769. The maximum absolute atomic E-state index is 5.40. The molecule has 0 spiro atoms. The van der Waals surface area contributed by atoms with E-state index in [0.717, 1.165) is 34.6 Å². The van der Waals surface area contributed by atoms with Crippen molar-refractivity contribution in [2.75, 3.05) is 18.1 Å². The Kier molecular flexibility index (Phi) is 3.28. The van der Waals surface area contributed by atoms with Crippen molar-refractivity contribution in [2.45, 2.75) is 6.04 Å². The molecular weight excluding hydrogens is 286 g/mol. The highest BCUT2D eigenvalue weighted by molar-refractivity contribution is 7.99. The fraction of sp³-hybridized carbons (Fsp3) is 0.286. The van der Waals surface area contributed by atoms with Crippen LogP contribution in [0.4, 0.5) is 0 Å². The van der Waals surface area contributed by atoms with Crippen LogP contribution in [0.5, 0.6) is 0 Å². The Morgan fingerprint density at radius 3 is 2.95 bits per heavy atom. The van der Waals surface area contributed by atoms with E-state index in [2.05, 4.69) is 25.4 Å². The molecule has 0 saturated carbocycles. The smallest absolute Gasteiger partial charge is 0.244 e. The maximum atomic E-state index is 5.40. The Morgan fingerprint density at radius 1 is 1.19 bits per heavy atom. The standard InChI is InChI=1S/C14H13N5OS/c1-2-10-11(16-4-3-15-10)7-9(1)13-18-14(20-19-13)12-8-21-6-5-17-12/h1-4,7,12,17H,5-6,8H2. The summed E-state index contributed by atoms with van der Waals surface area (Å²) in [5, 5.41) is 7.48. The van der Waals surface area contributed by atoms with Crippen molar-refractivity contribution in [1.29, 1.82) is 0 Å². The van der Waals surface area contributed by atoms with Crippen LogP contribution >= 0.6 is 11.8 Å². The lowest BCUT2D eigenvalue weighted by molar-refractivity contribution is 0.342. The molecule has 2 aromatic heterocycles. The second-order valence-electron chi connectivity index (χ2n) is 4.80. The maximum Gasteiger partial charge on any atom is 0.244 e. The van der Waals surface area contributed by atoms with Gasteiger partial charge in [0.25, 0.3) is 0 Å². The predicted molar refractivity (Wildman–Crippen MR) is 80.9 cm³/mol. The van der Waals surface area contributed by atoms with E-state index in [-0.39, 0.29) is 6.04 Å². The Balaban J connectivity index is 1.67. The number of aromatic nitrogens is 4. The first-order chi connectivity index (χ1) is 10.4. The van der Waals surface area contributed by atoms with Crippen LogP contribution in [0.3, 0.4) is 0 Å². The van der Waals surface area contributed by atoms with Gasteiger partial charge in [0.2, 0.25) is 11.7 Å². The number of nitrogens with one attached hydrogen (secondary N) is 1. The Hall–Kier alpha value is -1.99. The largest absolute Gasteiger partial charge is 0.337 e. The van der Waals surface area contributed by atoms with E-state index in [0.29, 0.717) is 11.7 Å². The van der Waals surface area contributed by atoms with Crippen LogP contribution in [0.25, 0.3) is 22.4 Å². The fourth-order valence-corrected chi connectivity index (χ4v) is 3.25. The Labute approximate surface area is 125 Å². The molecule has 1 saturated heterocycles. The molecular formula is C14H13N5OS. The minimum atomic E-state index is 0.144. The monoisotopic (exact) mass is 299 g/mol. The van der Waals surface area contributed by atoms with Gasteiger partial charge in [0.1, 0.15) is 0 Å². The van der Waals surface area contributed by atoms with Crippen LogP contribution in [-0.2, 0) is 0 Å². The summed E-state index contributed by atoms with van der Waals surface area (Å²) in [5.41, 5.74) is 2.57. The van der Waals surface area contributed by atoms with Crippen molar-refractivity contribution < 1.29 is 4.52 Å². The highest BCUT2D eigenvalue weighted by atomic mass is 32.2. The third kappa shape index (κ3) is 2.50. The number of thioether (sulfide) groups is 1. The second-order valence-corrected chi connectivity index (χ2v) is 5.95. The van der Waals surface area contributed by atoms with Crippen molar-refractivity contribution in [2.24, 2.45) is 0 Å². The lowest BCUT2D eigenvalue weighted by Crippen LogP contribution is -2.30. The first-order valence-electron chi connectivity index (χ1n) is 6.76. The number of rotatable bonds is 2. The minimum Gasteiger partial charge on any atom is -0.337 e. The van der Waals surface area contributed by atoms with Gasteiger partial charge in [0.15, 0.2) is 0 Å². The number of hydrogen-bond acceptors (Lipinski definition) is 7. The molecule has 0 bridgehead atoms. The van der Waals surface area contributed by atoms with Gasteiger partial charge >= 0.3 is 0 Å². The zero-order chi connectivity index (χ0) is 14.1. The fourth-order valence-electron chi connectivity index (χ4n) is 2.32. The summed E-state index contributed by atoms with van der Waals surface area (Å²) in [6.45, 7) is 0.971. The topological polar surface area (TPSA) is 76.7 Å². The SMILES string of the molecule is c1cnc2cc(-c3noc(C4CSCCN4)n3)ccc2n1. The Morgan fingerprint density at radius 2 is 2.10 bits per heavy atom. The third-order valence-electron chi connectivity index (χ3n) is 3.39. The van der Waals surface area contributed by atoms with E-state index >= 15 is 0 Å². The molecule has 7 heteroatoms. The normalized spacial score (nSPS) is 19.0. The molecule has 106 valence electrons. The van der Waals surface area contributed by atoms with Crippen LogP contribution in [0.1, 0.15) is 11.9 Å². The summed E-state index contributed by atoms with van der Waals surface area (Å²) in [5.74, 6) is 3.33. The van der Waals surface area contributed by atoms with Gasteiger partial charge in [-0.15, -0.1) is 0 Å². The zero-order valence-electron chi connectivity index (χ0n) is 11.2. The van der Waals surface area contributed by atoms with Gasteiger partial charge in [0.05, 0.1) is 17.1 Å². The van der Waals surface area contributed by atoms with Crippen molar-refractivity contribution in [3.8, 4) is 11.4 Å². The lowest BCUT2D eigenvalue weighted by atomic mass is 10.2. The quantitative estimate of drug-likeness (QED) is 0.776. The van der Waals surface area contributed by atoms with Gasteiger partial charge in [-0.3, -0.25) is 9.97 Å². The molecule has 6 nitrogen and oxygen atoms in total. The van der Waals surface area contributed by atoms with Gasteiger partial charge in [-0.1, -0.05) is 5.16 Å². The molecule has 0 amide bonds. The summed E-state index contributed by atoms with van der Waals surface area (Å²) in [7, 11) is 0. The van der Waals surface area contributed by atoms with Crippen LogP contribution in [0.15, 0.2) is 35.1 Å². The number of hydrogen-bond donors (Lipinski definition) is 1. The molecule has 4 rings (SSSR count). The van der Waals surface area contributed by atoms with Crippen LogP contribution in [-0.4, -0.2) is 38.2 Å². The summed E-state index contributed by atoms with van der Waals surface area (Å²) in [4.78, 5) is 13.1. The van der Waals surface area contributed by atoms with Gasteiger partial charge in [-0.05, 0) is 18.2 Å². The lowest BCUT2D eigenvalue weighted by Gasteiger charge is -2.19. The molecule has 21 heavy (non-hydrogen) atoms. The van der Waals surface area contributed by atoms with Crippen LogP contribution < -0.4 is 5.32 Å². The molecule has 1 aliphatic heterocycles. The number of nitrogens with zero attached hydrogens (tertiary/aromatic N) is 4. The van der Waals surface area contributed by atoms with Gasteiger partial charge < -0.3 is 9.84 Å². The zero-order valence-corrected chi connectivity index (χ0v) is 12.0. The number of fused-ring (bicyclic) bond motifs is 1. The first kappa shape index (κ1) is 12.7.